The molecule has 102 valence electrons. The van der Waals surface area contributed by atoms with E-state index in [1.165, 1.54) is 25.7 Å². The molecule has 2 aromatic heterocycles. The van der Waals surface area contributed by atoms with E-state index in [2.05, 4.69) is 21.0 Å². The normalized spacial score (nSPS) is 18.0. The summed E-state index contributed by atoms with van der Waals surface area (Å²) in [5.41, 5.74) is 0.963. The van der Waals surface area contributed by atoms with Gasteiger partial charge in [-0.15, -0.1) is 11.3 Å². The van der Waals surface area contributed by atoms with Crippen molar-refractivity contribution in [1.82, 2.24) is 14.8 Å². The van der Waals surface area contributed by atoms with E-state index >= 15 is 0 Å². The van der Waals surface area contributed by atoms with E-state index in [1.54, 1.807) is 17.5 Å². The van der Waals surface area contributed by atoms with Crippen LogP contribution in [0.4, 0.5) is 0 Å². The molecule has 1 saturated carbocycles. The molecule has 1 aliphatic rings. The van der Waals surface area contributed by atoms with Crippen LogP contribution in [0.5, 0.6) is 0 Å². The highest BCUT2D eigenvalue weighted by atomic mass is 32.1. The Kier molecular flexibility index (Phi) is 3.66. The summed E-state index contributed by atoms with van der Waals surface area (Å²) in [4.78, 5) is 5.10. The second kappa shape index (κ2) is 5.43. The first-order valence-corrected chi connectivity index (χ1v) is 7.68. The van der Waals surface area contributed by atoms with Crippen LogP contribution >= 0.6 is 11.3 Å². The van der Waals surface area contributed by atoms with Crippen LogP contribution in [0.1, 0.15) is 53.4 Å². The van der Waals surface area contributed by atoms with E-state index in [4.69, 9.17) is 0 Å². The Balaban J connectivity index is 1.66. The molecule has 0 amide bonds. The molecular formula is C14H19N3OS. The Morgan fingerprint density at radius 3 is 2.95 bits per heavy atom. The first-order chi connectivity index (χ1) is 9.22. The molecule has 2 aromatic rings. The molecule has 19 heavy (non-hydrogen) atoms. The van der Waals surface area contributed by atoms with Gasteiger partial charge in [0.25, 0.3) is 0 Å². The van der Waals surface area contributed by atoms with Crippen molar-refractivity contribution in [3.63, 3.8) is 0 Å². The van der Waals surface area contributed by atoms with Crippen molar-refractivity contribution < 1.29 is 5.11 Å². The topological polar surface area (TPSA) is 50.9 Å². The maximum Gasteiger partial charge on any atom is 0.0954 e. The van der Waals surface area contributed by atoms with E-state index in [9.17, 15) is 5.11 Å². The first-order valence-electron chi connectivity index (χ1n) is 6.87. The lowest BCUT2D eigenvalue weighted by Gasteiger charge is -2.09. The molecule has 5 heteroatoms. The minimum absolute atomic E-state index is 0.488. The van der Waals surface area contributed by atoms with Crippen LogP contribution in [-0.4, -0.2) is 19.9 Å². The summed E-state index contributed by atoms with van der Waals surface area (Å²) < 4.78 is 2.08. The Morgan fingerprint density at radius 2 is 2.26 bits per heavy atom. The lowest BCUT2D eigenvalue weighted by atomic mass is 10.2. The van der Waals surface area contributed by atoms with Gasteiger partial charge >= 0.3 is 0 Å². The van der Waals surface area contributed by atoms with Crippen LogP contribution in [0.2, 0.25) is 0 Å². The van der Waals surface area contributed by atoms with Crippen LogP contribution in [0.15, 0.2) is 18.5 Å². The highest BCUT2D eigenvalue weighted by Gasteiger charge is 2.19. The maximum atomic E-state index is 10.2. The predicted molar refractivity (Wildman–Crippen MR) is 75.2 cm³/mol. The number of aromatic nitrogens is 3. The average Bonchev–Trinajstić information content (AvgIpc) is 3.07. The summed E-state index contributed by atoms with van der Waals surface area (Å²) in [6.07, 6.45) is 8.98. The van der Waals surface area contributed by atoms with Gasteiger partial charge in [0.2, 0.25) is 0 Å². The van der Waals surface area contributed by atoms with E-state index in [1.807, 2.05) is 13.0 Å². The van der Waals surface area contributed by atoms with Crippen molar-refractivity contribution >= 4 is 11.3 Å². The maximum absolute atomic E-state index is 10.2. The minimum atomic E-state index is -0.488. The molecule has 0 spiro atoms. The van der Waals surface area contributed by atoms with Crippen molar-refractivity contribution in [2.24, 2.45) is 0 Å². The SMILES string of the molecule is Cc1ncc(C(O)Cc2ccn(C3CCCC3)n2)s1. The molecule has 4 nitrogen and oxygen atoms in total. The molecule has 3 rings (SSSR count). The fraction of sp³-hybridized carbons (Fsp3) is 0.571. The van der Waals surface area contributed by atoms with Crippen LogP contribution in [-0.2, 0) is 6.42 Å². The Morgan fingerprint density at radius 1 is 1.47 bits per heavy atom. The lowest BCUT2D eigenvalue weighted by molar-refractivity contribution is 0.180. The average molecular weight is 277 g/mol. The molecule has 1 atom stereocenters. The summed E-state index contributed by atoms with van der Waals surface area (Å²) in [6.45, 7) is 1.95. The van der Waals surface area contributed by atoms with Crippen molar-refractivity contribution in [2.45, 2.75) is 51.2 Å². The van der Waals surface area contributed by atoms with Gasteiger partial charge in [-0.1, -0.05) is 12.8 Å². The molecule has 0 radical (unpaired) electrons. The van der Waals surface area contributed by atoms with Crippen molar-refractivity contribution in [2.75, 3.05) is 0 Å². The monoisotopic (exact) mass is 277 g/mol. The zero-order valence-electron chi connectivity index (χ0n) is 11.1. The zero-order valence-corrected chi connectivity index (χ0v) is 11.9. The number of hydrogen-bond acceptors (Lipinski definition) is 4. The van der Waals surface area contributed by atoms with E-state index in [0.717, 1.165) is 15.6 Å². The summed E-state index contributed by atoms with van der Waals surface area (Å²) in [5, 5.41) is 15.8. The van der Waals surface area contributed by atoms with Gasteiger partial charge in [-0.2, -0.15) is 5.10 Å². The molecule has 0 aromatic carbocycles. The van der Waals surface area contributed by atoms with Crippen molar-refractivity contribution in [1.29, 1.82) is 0 Å². The molecule has 0 bridgehead atoms. The smallest absolute Gasteiger partial charge is 0.0954 e. The van der Waals surface area contributed by atoms with Gasteiger partial charge in [0.1, 0.15) is 0 Å². The number of nitrogens with zero attached hydrogens (tertiary/aromatic N) is 3. The number of aliphatic hydroxyl groups is 1. The predicted octanol–water partition coefficient (Wildman–Crippen LogP) is 3.04. The molecule has 1 fully saturated rings. The van der Waals surface area contributed by atoms with Gasteiger partial charge in [-0.3, -0.25) is 4.68 Å². The molecule has 1 unspecified atom stereocenters. The molecule has 0 aliphatic heterocycles. The van der Waals surface area contributed by atoms with Crippen molar-refractivity contribution in [3.05, 3.63) is 34.0 Å². The summed E-state index contributed by atoms with van der Waals surface area (Å²) in [6, 6.07) is 2.59. The molecule has 1 aliphatic carbocycles. The quantitative estimate of drug-likeness (QED) is 0.934. The number of aryl methyl sites for hydroxylation is 1. The fourth-order valence-electron chi connectivity index (χ4n) is 2.69. The van der Waals surface area contributed by atoms with Gasteiger partial charge < -0.3 is 5.11 Å². The van der Waals surface area contributed by atoms with Gasteiger partial charge in [0, 0.05) is 18.8 Å². The number of thiazole rings is 1. The molecule has 1 N–H and O–H groups in total. The highest BCUT2D eigenvalue weighted by Crippen LogP contribution is 2.29. The molecular weight excluding hydrogens is 258 g/mol. The Bertz CT molecular complexity index is 542. The summed E-state index contributed by atoms with van der Waals surface area (Å²) >= 11 is 1.55. The minimum Gasteiger partial charge on any atom is -0.387 e. The van der Waals surface area contributed by atoms with Crippen LogP contribution in [0.3, 0.4) is 0 Å². The number of aliphatic hydroxyl groups excluding tert-OH is 1. The van der Waals surface area contributed by atoms with Gasteiger partial charge in [0.15, 0.2) is 0 Å². The summed E-state index contributed by atoms with van der Waals surface area (Å²) in [5.74, 6) is 0. The van der Waals surface area contributed by atoms with Crippen LogP contribution in [0.25, 0.3) is 0 Å². The summed E-state index contributed by atoms with van der Waals surface area (Å²) in [7, 11) is 0. The first kappa shape index (κ1) is 12.8. The third-order valence-corrected chi connectivity index (χ3v) is 4.75. The number of rotatable bonds is 4. The van der Waals surface area contributed by atoms with Gasteiger partial charge in [-0.05, 0) is 25.8 Å². The Labute approximate surface area is 117 Å². The van der Waals surface area contributed by atoms with E-state index < -0.39 is 6.10 Å². The Hall–Kier alpha value is -1.20. The van der Waals surface area contributed by atoms with E-state index in [-0.39, 0.29) is 0 Å². The highest BCUT2D eigenvalue weighted by molar-refractivity contribution is 7.11. The van der Waals surface area contributed by atoms with E-state index in [0.29, 0.717) is 12.5 Å². The van der Waals surface area contributed by atoms with Crippen molar-refractivity contribution in [3.8, 4) is 0 Å². The number of hydrogen-bond donors (Lipinski definition) is 1. The second-order valence-corrected chi connectivity index (χ2v) is 6.49. The third-order valence-electron chi connectivity index (χ3n) is 3.73. The molecule has 0 saturated heterocycles. The largest absolute Gasteiger partial charge is 0.387 e. The van der Waals surface area contributed by atoms with Gasteiger partial charge in [-0.25, -0.2) is 4.98 Å². The standard InChI is InChI=1S/C14H19N3OS/c1-10-15-9-14(19-10)13(18)8-11-6-7-17(16-11)12-4-2-3-5-12/h6-7,9,12-13,18H,2-5,8H2,1H3. The lowest BCUT2D eigenvalue weighted by Crippen LogP contribution is -2.07. The third kappa shape index (κ3) is 2.87. The second-order valence-electron chi connectivity index (χ2n) is 5.23. The molecule has 2 heterocycles. The zero-order chi connectivity index (χ0) is 13.2. The van der Waals surface area contributed by atoms with Gasteiger partial charge in [0.05, 0.1) is 27.7 Å². The van der Waals surface area contributed by atoms with Crippen LogP contribution in [0, 0.1) is 6.92 Å². The van der Waals surface area contributed by atoms with Crippen LogP contribution < -0.4 is 0 Å². The fourth-order valence-corrected chi connectivity index (χ4v) is 3.46.